The van der Waals surface area contributed by atoms with E-state index in [-0.39, 0.29) is 11.6 Å². The fraction of sp³-hybridized carbons (Fsp3) is 0.125. The van der Waals surface area contributed by atoms with Gasteiger partial charge in [-0.05, 0) is 15.9 Å². The van der Waals surface area contributed by atoms with Gasteiger partial charge in [-0.25, -0.2) is 9.37 Å². The average molecular weight is 262 g/mol. The zero-order valence-corrected chi connectivity index (χ0v) is 9.08. The van der Waals surface area contributed by atoms with Gasteiger partial charge < -0.3 is 4.74 Å². The van der Waals surface area contributed by atoms with Crippen LogP contribution in [0.5, 0.6) is 5.75 Å². The Balaban J connectivity index is 2.72. The maximum Gasteiger partial charge on any atom is 0.167 e. The lowest BCUT2D eigenvalue weighted by atomic mass is 10.3. The van der Waals surface area contributed by atoms with Crippen LogP contribution in [-0.2, 0) is 0 Å². The molecule has 0 fully saturated rings. The largest absolute Gasteiger partial charge is 0.494 e. The van der Waals surface area contributed by atoms with Gasteiger partial charge in [0.2, 0.25) is 0 Å². The highest BCUT2D eigenvalue weighted by atomic mass is 79.9. The van der Waals surface area contributed by atoms with Crippen molar-refractivity contribution in [1.82, 2.24) is 4.98 Å². The van der Waals surface area contributed by atoms with Gasteiger partial charge in [-0.1, -0.05) is 0 Å². The van der Waals surface area contributed by atoms with Crippen LogP contribution >= 0.6 is 27.3 Å². The van der Waals surface area contributed by atoms with Crippen molar-refractivity contribution in [3.63, 3.8) is 0 Å². The van der Waals surface area contributed by atoms with Crippen LogP contribution in [0.4, 0.5) is 4.39 Å². The lowest BCUT2D eigenvalue weighted by Crippen LogP contribution is -1.86. The van der Waals surface area contributed by atoms with Gasteiger partial charge in [-0.3, -0.25) is 0 Å². The fourth-order valence-corrected chi connectivity index (χ4v) is 2.47. The van der Waals surface area contributed by atoms with Gasteiger partial charge >= 0.3 is 0 Å². The average Bonchev–Trinajstić information content (AvgIpc) is 2.42. The number of thiazole rings is 1. The molecule has 0 saturated carbocycles. The number of benzene rings is 1. The topological polar surface area (TPSA) is 22.1 Å². The summed E-state index contributed by atoms with van der Waals surface area (Å²) in [7, 11) is 1.44. The molecule has 1 aromatic carbocycles. The molecule has 0 saturated heterocycles. The molecule has 0 amide bonds. The molecule has 1 aromatic heterocycles. The van der Waals surface area contributed by atoms with E-state index in [9.17, 15) is 4.39 Å². The summed E-state index contributed by atoms with van der Waals surface area (Å²) in [6.45, 7) is 0. The number of hydrogen-bond donors (Lipinski definition) is 0. The summed E-state index contributed by atoms with van der Waals surface area (Å²) in [5.74, 6) is -0.128. The third-order valence-corrected chi connectivity index (χ3v) is 3.11. The minimum atomic E-state index is -0.382. The number of halogens is 2. The Labute approximate surface area is 86.5 Å². The van der Waals surface area contributed by atoms with E-state index in [4.69, 9.17) is 4.74 Å². The van der Waals surface area contributed by atoms with Crippen molar-refractivity contribution >= 4 is 37.5 Å². The van der Waals surface area contributed by atoms with Crippen LogP contribution in [0, 0.1) is 5.82 Å². The van der Waals surface area contributed by atoms with Gasteiger partial charge in [0.1, 0.15) is 0 Å². The number of ether oxygens (including phenoxy) is 1. The summed E-state index contributed by atoms with van der Waals surface area (Å²) in [6, 6.07) is 3.02. The first-order valence-corrected chi connectivity index (χ1v) is 5.11. The van der Waals surface area contributed by atoms with Crippen LogP contribution in [0.3, 0.4) is 0 Å². The summed E-state index contributed by atoms with van der Waals surface area (Å²) < 4.78 is 19.7. The van der Waals surface area contributed by atoms with Gasteiger partial charge in [0, 0.05) is 12.1 Å². The van der Waals surface area contributed by atoms with Crippen LogP contribution in [0.25, 0.3) is 10.2 Å². The number of hydrogen-bond acceptors (Lipinski definition) is 3. The van der Waals surface area contributed by atoms with Crippen molar-refractivity contribution in [3.05, 3.63) is 21.9 Å². The number of methoxy groups -OCH3 is 1. The van der Waals surface area contributed by atoms with Crippen LogP contribution in [-0.4, -0.2) is 12.1 Å². The van der Waals surface area contributed by atoms with E-state index in [2.05, 4.69) is 20.9 Å². The van der Waals surface area contributed by atoms with Crippen molar-refractivity contribution in [2.45, 2.75) is 0 Å². The molecule has 2 aromatic rings. The Bertz CT molecular complexity index is 457. The molecule has 68 valence electrons. The molecule has 0 unspecified atom stereocenters. The second-order valence-corrected chi connectivity index (χ2v) is 4.73. The summed E-state index contributed by atoms with van der Waals surface area (Å²) in [5.41, 5.74) is 0.648. The highest BCUT2D eigenvalue weighted by Gasteiger charge is 2.08. The number of rotatable bonds is 1. The van der Waals surface area contributed by atoms with Crippen molar-refractivity contribution in [1.29, 1.82) is 0 Å². The van der Waals surface area contributed by atoms with Crippen molar-refractivity contribution < 1.29 is 9.13 Å². The zero-order chi connectivity index (χ0) is 9.42. The van der Waals surface area contributed by atoms with Crippen LogP contribution in [0.15, 0.2) is 16.0 Å². The normalized spacial score (nSPS) is 10.7. The van der Waals surface area contributed by atoms with Crippen LogP contribution in [0.1, 0.15) is 0 Å². The van der Waals surface area contributed by atoms with Gasteiger partial charge in [0.25, 0.3) is 0 Å². The first-order chi connectivity index (χ1) is 6.20. The van der Waals surface area contributed by atoms with Crippen molar-refractivity contribution in [3.8, 4) is 5.75 Å². The van der Waals surface area contributed by atoms with Gasteiger partial charge in [-0.15, -0.1) is 11.3 Å². The first-order valence-electron chi connectivity index (χ1n) is 3.50. The van der Waals surface area contributed by atoms with E-state index >= 15 is 0 Å². The molecule has 0 atom stereocenters. The molecule has 2 rings (SSSR count). The Morgan fingerprint density at radius 1 is 1.54 bits per heavy atom. The predicted octanol–water partition coefficient (Wildman–Crippen LogP) is 3.21. The first kappa shape index (κ1) is 8.90. The molecular weight excluding hydrogens is 257 g/mol. The van der Waals surface area contributed by atoms with Crippen LogP contribution < -0.4 is 4.74 Å². The van der Waals surface area contributed by atoms with E-state index in [1.54, 1.807) is 6.07 Å². The van der Waals surface area contributed by atoms with Crippen molar-refractivity contribution in [2.24, 2.45) is 0 Å². The third kappa shape index (κ3) is 1.53. The molecule has 1 heterocycles. The lowest BCUT2D eigenvalue weighted by molar-refractivity contribution is 0.387. The molecule has 0 bridgehead atoms. The lowest BCUT2D eigenvalue weighted by Gasteiger charge is -1.99. The summed E-state index contributed by atoms with van der Waals surface area (Å²) in [5, 5.41) is 0. The third-order valence-electron chi connectivity index (χ3n) is 1.64. The maximum absolute atomic E-state index is 13.2. The van der Waals surface area contributed by atoms with Gasteiger partial charge in [0.05, 0.1) is 17.3 Å². The SMILES string of the molecule is COc1cc2sc(Br)nc2cc1F. The molecule has 0 spiro atoms. The van der Waals surface area contributed by atoms with Gasteiger partial charge in [-0.2, -0.15) is 0 Å². The van der Waals surface area contributed by atoms with Crippen LogP contribution in [0.2, 0.25) is 0 Å². The summed E-state index contributed by atoms with van der Waals surface area (Å²) in [6.07, 6.45) is 0. The van der Waals surface area contributed by atoms with E-state index in [0.29, 0.717) is 5.52 Å². The second kappa shape index (κ2) is 3.23. The molecule has 0 N–H and O–H groups in total. The van der Waals surface area contributed by atoms with Crippen molar-refractivity contribution in [2.75, 3.05) is 7.11 Å². The van der Waals surface area contributed by atoms with E-state index < -0.39 is 0 Å². The van der Waals surface area contributed by atoms with E-state index in [1.165, 1.54) is 24.5 Å². The fourth-order valence-electron chi connectivity index (χ4n) is 1.06. The molecule has 0 aliphatic carbocycles. The Morgan fingerprint density at radius 2 is 2.31 bits per heavy atom. The minimum absolute atomic E-state index is 0.253. The molecular formula is C8H5BrFNOS. The maximum atomic E-state index is 13.2. The molecule has 2 nitrogen and oxygen atoms in total. The van der Waals surface area contributed by atoms with Gasteiger partial charge in [0.15, 0.2) is 15.5 Å². The molecule has 5 heteroatoms. The Hall–Kier alpha value is -0.680. The highest BCUT2D eigenvalue weighted by molar-refractivity contribution is 9.11. The Morgan fingerprint density at radius 3 is 3.00 bits per heavy atom. The molecule has 0 aliphatic rings. The van der Waals surface area contributed by atoms with E-state index in [1.807, 2.05) is 0 Å². The Kier molecular flexibility index (Phi) is 2.21. The molecule has 0 radical (unpaired) electrons. The summed E-state index contributed by atoms with van der Waals surface area (Å²) in [4.78, 5) is 4.09. The monoisotopic (exact) mass is 261 g/mol. The number of fused-ring (bicyclic) bond motifs is 1. The highest BCUT2D eigenvalue weighted by Crippen LogP contribution is 2.30. The standard InChI is InChI=1S/C8H5BrFNOS/c1-12-6-3-7-5(2-4(6)10)11-8(9)13-7/h2-3H,1H3. The number of aromatic nitrogens is 1. The summed E-state index contributed by atoms with van der Waals surface area (Å²) >= 11 is 4.69. The second-order valence-electron chi connectivity index (χ2n) is 2.42. The smallest absolute Gasteiger partial charge is 0.167 e. The zero-order valence-electron chi connectivity index (χ0n) is 6.67. The predicted molar refractivity (Wildman–Crippen MR) is 53.8 cm³/mol. The quantitative estimate of drug-likeness (QED) is 0.787. The van der Waals surface area contributed by atoms with E-state index in [0.717, 1.165) is 8.62 Å². The minimum Gasteiger partial charge on any atom is -0.494 e. The molecule has 0 aliphatic heterocycles. The molecule has 13 heavy (non-hydrogen) atoms. The number of nitrogens with zero attached hydrogens (tertiary/aromatic N) is 1.